The highest BCUT2D eigenvalue weighted by atomic mass is 16.5. The lowest BCUT2D eigenvalue weighted by Crippen LogP contribution is -2.45. The third-order valence-corrected chi connectivity index (χ3v) is 3.79. The average molecular weight is 239 g/mol. The summed E-state index contributed by atoms with van der Waals surface area (Å²) in [5.41, 5.74) is 0.950. The smallest absolute Gasteiger partial charge is 0.330 e. The highest BCUT2D eigenvalue weighted by molar-refractivity contribution is 5.82. The normalized spacial score (nSPS) is 36.7. The first-order valence-electron chi connectivity index (χ1n) is 6.23. The van der Waals surface area contributed by atoms with Crippen LogP contribution < -0.4 is 0 Å². The minimum atomic E-state index is -0.267. The van der Waals surface area contributed by atoms with Crippen LogP contribution in [-0.4, -0.2) is 47.3 Å². The minimum absolute atomic E-state index is 0.0403. The summed E-state index contributed by atoms with van der Waals surface area (Å²) in [7, 11) is 2.04. The van der Waals surface area contributed by atoms with Gasteiger partial charge in [0.05, 0.1) is 6.10 Å². The Bertz CT molecular complexity index is 336. The summed E-state index contributed by atoms with van der Waals surface area (Å²) in [6.45, 7) is 3.76. The topological polar surface area (TPSA) is 49.8 Å². The van der Waals surface area contributed by atoms with Gasteiger partial charge in [0.2, 0.25) is 0 Å². The number of hydrogen-bond acceptors (Lipinski definition) is 4. The number of nitrogens with zero attached hydrogens (tertiary/aromatic N) is 1. The van der Waals surface area contributed by atoms with Gasteiger partial charge in [0.25, 0.3) is 0 Å². The first-order valence-corrected chi connectivity index (χ1v) is 6.23. The predicted octanol–water partition coefficient (Wildman–Crippen LogP) is 1.09. The molecule has 0 unspecified atom stereocenters. The molecule has 2 fully saturated rings. The summed E-state index contributed by atoms with van der Waals surface area (Å²) >= 11 is 0. The lowest BCUT2D eigenvalue weighted by molar-refractivity contribution is -0.146. The number of aliphatic hydroxyl groups excluding tert-OH is 1. The molecule has 0 spiro atoms. The zero-order valence-electron chi connectivity index (χ0n) is 10.7. The minimum Gasteiger partial charge on any atom is -0.459 e. The van der Waals surface area contributed by atoms with Crippen molar-refractivity contribution in [3.63, 3.8) is 0 Å². The van der Waals surface area contributed by atoms with E-state index in [0.717, 1.165) is 24.8 Å². The van der Waals surface area contributed by atoms with E-state index in [2.05, 4.69) is 4.90 Å². The molecule has 0 amide bonds. The van der Waals surface area contributed by atoms with Crippen molar-refractivity contribution in [1.82, 2.24) is 4.90 Å². The van der Waals surface area contributed by atoms with Crippen LogP contribution in [-0.2, 0) is 9.53 Å². The van der Waals surface area contributed by atoms with Gasteiger partial charge < -0.3 is 9.84 Å². The molecule has 0 aromatic carbocycles. The van der Waals surface area contributed by atoms with Crippen molar-refractivity contribution in [2.75, 3.05) is 7.05 Å². The molecule has 0 radical (unpaired) electrons. The van der Waals surface area contributed by atoms with Crippen LogP contribution in [0.3, 0.4) is 0 Å². The van der Waals surface area contributed by atoms with E-state index >= 15 is 0 Å². The molecule has 4 heteroatoms. The fraction of sp³-hybridized carbons (Fsp3) is 0.769. The highest BCUT2D eigenvalue weighted by Crippen LogP contribution is 2.35. The van der Waals surface area contributed by atoms with Crippen LogP contribution in [0.5, 0.6) is 0 Å². The van der Waals surface area contributed by atoms with E-state index in [1.165, 1.54) is 6.08 Å². The Hall–Kier alpha value is -0.870. The van der Waals surface area contributed by atoms with Gasteiger partial charge in [-0.05, 0) is 27.3 Å². The Labute approximate surface area is 102 Å². The van der Waals surface area contributed by atoms with Crippen molar-refractivity contribution in [2.45, 2.75) is 57.4 Å². The quantitative estimate of drug-likeness (QED) is 0.579. The van der Waals surface area contributed by atoms with Crippen LogP contribution in [0.2, 0.25) is 0 Å². The van der Waals surface area contributed by atoms with Crippen LogP contribution >= 0.6 is 0 Å². The van der Waals surface area contributed by atoms with Gasteiger partial charge >= 0.3 is 5.97 Å². The summed E-state index contributed by atoms with van der Waals surface area (Å²) in [6, 6.07) is 0.506. The highest BCUT2D eigenvalue weighted by Gasteiger charge is 2.45. The van der Waals surface area contributed by atoms with E-state index in [1.807, 2.05) is 20.9 Å². The van der Waals surface area contributed by atoms with Crippen LogP contribution in [0.1, 0.15) is 33.1 Å². The maximum Gasteiger partial charge on any atom is 0.330 e. The Morgan fingerprint density at radius 3 is 2.65 bits per heavy atom. The first-order chi connectivity index (χ1) is 7.97. The monoisotopic (exact) mass is 239 g/mol. The molecule has 96 valence electrons. The van der Waals surface area contributed by atoms with Crippen molar-refractivity contribution >= 4 is 5.97 Å². The molecule has 4 atom stereocenters. The largest absolute Gasteiger partial charge is 0.459 e. The average Bonchev–Trinajstić information content (AvgIpc) is 2.39. The third kappa shape index (κ3) is 2.69. The van der Waals surface area contributed by atoms with Crippen molar-refractivity contribution in [3.05, 3.63) is 11.6 Å². The molecule has 2 heterocycles. The lowest BCUT2D eigenvalue weighted by Gasteiger charge is -2.35. The summed E-state index contributed by atoms with van der Waals surface area (Å²) < 4.78 is 5.43. The fourth-order valence-electron chi connectivity index (χ4n) is 2.93. The number of piperidine rings is 1. The molecule has 17 heavy (non-hydrogen) atoms. The Balaban J connectivity index is 1.94. The molecule has 2 aliphatic heterocycles. The van der Waals surface area contributed by atoms with E-state index in [4.69, 9.17) is 4.74 Å². The van der Waals surface area contributed by atoms with Crippen molar-refractivity contribution in [3.8, 4) is 0 Å². The van der Waals surface area contributed by atoms with Crippen molar-refractivity contribution in [2.24, 2.45) is 0 Å². The Morgan fingerprint density at radius 1 is 1.35 bits per heavy atom. The molecular formula is C13H21NO3. The van der Waals surface area contributed by atoms with E-state index < -0.39 is 0 Å². The molecular weight excluding hydrogens is 218 g/mol. The first kappa shape index (κ1) is 12.6. The number of aliphatic hydroxyl groups is 1. The molecule has 2 rings (SSSR count). The molecule has 2 saturated heterocycles. The van der Waals surface area contributed by atoms with E-state index in [1.54, 1.807) is 0 Å². The van der Waals surface area contributed by atoms with Gasteiger partial charge in [-0.25, -0.2) is 4.79 Å². The molecule has 0 saturated carbocycles. The Kier molecular flexibility index (Phi) is 3.54. The van der Waals surface area contributed by atoms with Gasteiger partial charge in [0.15, 0.2) is 0 Å². The van der Waals surface area contributed by atoms with E-state index in [9.17, 15) is 9.90 Å². The number of carbonyl (C=O) groups is 1. The van der Waals surface area contributed by atoms with Crippen LogP contribution in [0.25, 0.3) is 0 Å². The van der Waals surface area contributed by atoms with Gasteiger partial charge in [-0.1, -0.05) is 5.57 Å². The molecule has 0 aromatic rings. The summed E-state index contributed by atoms with van der Waals surface area (Å²) in [5, 5.41) is 9.87. The third-order valence-electron chi connectivity index (χ3n) is 3.79. The number of allylic oxidation sites excluding steroid dienone is 1. The van der Waals surface area contributed by atoms with E-state index in [-0.39, 0.29) is 24.2 Å². The van der Waals surface area contributed by atoms with Crippen molar-refractivity contribution in [1.29, 1.82) is 0 Å². The number of hydrogen-bond donors (Lipinski definition) is 1. The molecule has 4 nitrogen and oxygen atoms in total. The van der Waals surface area contributed by atoms with E-state index in [0.29, 0.717) is 6.04 Å². The number of carbonyl (C=O) groups excluding carboxylic acids is 1. The predicted molar refractivity (Wildman–Crippen MR) is 64.5 cm³/mol. The second kappa shape index (κ2) is 4.78. The van der Waals surface area contributed by atoms with Gasteiger partial charge in [-0.15, -0.1) is 0 Å². The van der Waals surface area contributed by atoms with Gasteiger partial charge in [0.1, 0.15) is 6.10 Å². The van der Waals surface area contributed by atoms with Gasteiger partial charge in [0, 0.05) is 31.0 Å². The number of esters is 1. The SMILES string of the molecule is CC(C)=CC(=O)O[C@@H]1C[C@H]2C[C@@H](O)[C@H](C1)N2C. The zero-order valence-corrected chi connectivity index (χ0v) is 10.7. The fourth-order valence-corrected chi connectivity index (χ4v) is 2.93. The molecule has 0 aromatic heterocycles. The number of fused-ring (bicyclic) bond motifs is 2. The lowest BCUT2D eigenvalue weighted by atomic mass is 10.0. The summed E-state index contributed by atoms with van der Waals surface area (Å²) in [4.78, 5) is 13.8. The summed E-state index contributed by atoms with van der Waals surface area (Å²) in [5.74, 6) is -0.256. The number of likely N-dealkylation sites (N-methyl/N-ethyl adjacent to an activating group) is 1. The molecule has 2 bridgehead atoms. The summed E-state index contributed by atoms with van der Waals surface area (Å²) in [6.07, 6.45) is 3.61. The van der Waals surface area contributed by atoms with Crippen LogP contribution in [0.15, 0.2) is 11.6 Å². The second-order valence-corrected chi connectivity index (χ2v) is 5.44. The second-order valence-electron chi connectivity index (χ2n) is 5.44. The van der Waals surface area contributed by atoms with Gasteiger partial charge in [-0.2, -0.15) is 0 Å². The number of ether oxygens (including phenoxy) is 1. The maximum absolute atomic E-state index is 11.5. The number of rotatable bonds is 2. The van der Waals surface area contributed by atoms with Crippen LogP contribution in [0.4, 0.5) is 0 Å². The molecule has 1 N–H and O–H groups in total. The maximum atomic E-state index is 11.5. The standard InChI is InChI=1S/C13H21NO3/c1-8(2)4-13(16)17-10-5-9-6-12(15)11(7-10)14(9)3/h4,9-12,15H,5-7H2,1-3H3/t9-,10+,11-,12+/m0/s1. The molecule has 2 aliphatic rings. The van der Waals surface area contributed by atoms with Gasteiger partial charge in [-0.3, -0.25) is 4.90 Å². The molecule has 0 aliphatic carbocycles. The Morgan fingerprint density at radius 2 is 2.06 bits per heavy atom. The van der Waals surface area contributed by atoms with Crippen molar-refractivity contribution < 1.29 is 14.6 Å². The zero-order chi connectivity index (χ0) is 12.6. The van der Waals surface area contributed by atoms with Crippen LogP contribution in [0, 0.1) is 0 Å².